The fourth-order valence-corrected chi connectivity index (χ4v) is 0.946. The Morgan fingerprint density at radius 3 is 1.03 bits per heavy atom. The molecule has 39 heavy (non-hydrogen) atoms. The monoisotopic (exact) mass is 655 g/mol. The summed E-state index contributed by atoms with van der Waals surface area (Å²) in [7, 11) is -21.0. The number of methoxy groups -OCH3 is 2. The molecule has 7 radical (unpaired) electrons. The number of ether oxygens (including phenoxy) is 2. The van der Waals surface area contributed by atoms with Crippen LogP contribution in [0.3, 0.4) is 0 Å². The van der Waals surface area contributed by atoms with Gasteiger partial charge in [-0.25, -0.2) is 4.79 Å². The number of halogens is 16. The molecule has 0 aromatic rings. The molecule has 227 valence electrons. The molecule has 0 N–H and O–H groups in total. The Hall–Kier alpha value is -2.71. The van der Waals surface area contributed by atoms with Crippen molar-refractivity contribution in [2.45, 2.75) is 0 Å². The molecule has 0 heterocycles. The molecular formula is C12H11B4F16FeO6. The molecule has 1 unspecified atom stereocenters. The van der Waals surface area contributed by atoms with Gasteiger partial charge < -0.3 is 78.5 Å². The standard InChI is InChI=1S/C9H11O3.3CO.4BF4.Fe/c1-11-8-5-3-7(4-6-8)9(10)12-2;3*1-2;4*2-1(3,4)5;/h3-7H,1-2H3;;;;;;;;/q+1;;;;4*-1;+3. The van der Waals surface area contributed by atoms with E-state index in [9.17, 15) is 73.8 Å². The molecule has 1 aliphatic rings. The zero-order valence-corrected chi connectivity index (χ0v) is 19.7. The summed E-state index contributed by atoms with van der Waals surface area (Å²) in [5.74, 6) is 0.224. The summed E-state index contributed by atoms with van der Waals surface area (Å²) < 4.78 is 166. The summed E-state index contributed by atoms with van der Waals surface area (Å²) in [6, 6.07) is 0. The van der Waals surface area contributed by atoms with E-state index in [4.69, 9.17) is 19.1 Å². The van der Waals surface area contributed by atoms with E-state index in [0.717, 1.165) is 5.76 Å². The topological polar surface area (TPSA) is 86.7 Å². The van der Waals surface area contributed by atoms with Crippen LogP contribution in [0.1, 0.15) is 0 Å². The number of esters is 1. The molecule has 0 aromatic carbocycles. The zero-order chi connectivity index (χ0) is 33.0. The van der Waals surface area contributed by atoms with Crippen LogP contribution in [-0.2, 0) is 45.7 Å². The van der Waals surface area contributed by atoms with E-state index in [1.165, 1.54) is 7.11 Å². The third-order valence-electron chi connectivity index (χ3n) is 1.64. The Balaban J connectivity index is -0.0000000515. The number of hydrogen-bond acceptors (Lipinski definition) is 6. The molecule has 6 nitrogen and oxygen atoms in total. The number of rotatable bonds is 2. The van der Waals surface area contributed by atoms with Crippen LogP contribution in [0.25, 0.3) is 0 Å². The van der Waals surface area contributed by atoms with Crippen molar-refractivity contribution in [2.75, 3.05) is 14.2 Å². The number of carbonyl (C=O) groups excluding carboxylic acids is 4. The van der Waals surface area contributed by atoms with Crippen molar-refractivity contribution in [2.24, 2.45) is 5.92 Å². The first-order valence-corrected chi connectivity index (χ1v) is 7.73. The van der Waals surface area contributed by atoms with Crippen molar-refractivity contribution in [3.63, 3.8) is 0 Å². The van der Waals surface area contributed by atoms with Gasteiger partial charge in [-0.1, -0.05) is 0 Å². The quantitative estimate of drug-likeness (QED) is 0.179. The fraction of sp³-hybridized carbons (Fsp3) is 0.250. The van der Waals surface area contributed by atoms with Gasteiger partial charge in [-0.15, -0.1) is 0 Å². The predicted octanol–water partition coefficient (Wildman–Crippen LogP) is 5.09. The minimum atomic E-state index is -6.00. The summed E-state index contributed by atoms with van der Waals surface area (Å²) in [5.41, 5.74) is 0. The first kappa shape index (κ1) is 56.5. The Kier molecular flexibility index (Phi) is 45.6. The Morgan fingerprint density at radius 2 is 0.897 bits per heavy atom. The molecule has 1 aliphatic carbocycles. The molecule has 0 aliphatic heterocycles. The van der Waals surface area contributed by atoms with Gasteiger partial charge in [-0.3, -0.25) is 14.4 Å². The van der Waals surface area contributed by atoms with Crippen LogP contribution in [-0.4, -0.2) is 69.6 Å². The molecule has 1 rings (SSSR count). The molecule has 0 fully saturated rings. The van der Waals surface area contributed by atoms with E-state index < -0.39 is 29.0 Å². The second-order valence-electron chi connectivity index (χ2n) is 4.35. The van der Waals surface area contributed by atoms with Gasteiger partial charge in [0.05, 0.1) is 19.6 Å². The van der Waals surface area contributed by atoms with Crippen molar-refractivity contribution in [3.05, 3.63) is 30.4 Å². The average molecular weight is 654 g/mol. The van der Waals surface area contributed by atoms with E-state index >= 15 is 0 Å². The maximum absolute atomic E-state index is 11.0. The van der Waals surface area contributed by atoms with Crippen LogP contribution in [0.4, 0.5) is 69.1 Å². The van der Waals surface area contributed by atoms with E-state index in [-0.39, 0.29) is 29.0 Å². The minimum absolute atomic E-state index is 0. The third kappa shape index (κ3) is 167. The second kappa shape index (κ2) is 31.5. The molecule has 0 saturated heterocycles. The molecule has 0 amide bonds. The predicted molar refractivity (Wildman–Crippen MR) is 102 cm³/mol. The Bertz CT molecular complexity index is 540. The number of carbonyl (C=O) groups is 1. The van der Waals surface area contributed by atoms with E-state index in [1.807, 2.05) is 0 Å². The first-order valence-electron chi connectivity index (χ1n) is 7.73. The van der Waals surface area contributed by atoms with Crippen LogP contribution in [0.5, 0.6) is 0 Å². The molecule has 0 saturated carbocycles. The normalized spacial score (nSPS) is 12.9. The zero-order valence-electron chi connectivity index (χ0n) is 18.5. The average Bonchev–Trinajstić information content (AvgIpc) is 2.73. The van der Waals surface area contributed by atoms with Crippen LogP contribution in [0, 0.1) is 12.3 Å². The van der Waals surface area contributed by atoms with Gasteiger partial charge in [-0.05, 0) is 6.08 Å². The van der Waals surface area contributed by atoms with E-state index in [1.54, 1.807) is 31.8 Å². The molecule has 1 atom stereocenters. The van der Waals surface area contributed by atoms with Gasteiger partial charge in [0.25, 0.3) is 26.1 Å². The smallest absolute Gasteiger partial charge is 0.467 e. The maximum atomic E-state index is 11.0. The molecule has 27 heteroatoms. The second-order valence-corrected chi connectivity index (χ2v) is 4.35. The largest absolute Gasteiger partial charge is 3.00 e. The van der Waals surface area contributed by atoms with Crippen molar-refractivity contribution in [3.8, 4) is 0 Å². The molecule has 0 spiro atoms. The summed E-state index contributed by atoms with van der Waals surface area (Å²) in [4.78, 5) is 33.5. The Morgan fingerprint density at radius 1 is 0.667 bits per heavy atom. The maximum Gasteiger partial charge on any atom is 3.00 e. The Labute approximate surface area is 221 Å². The van der Waals surface area contributed by atoms with Gasteiger partial charge in [0, 0.05) is 0 Å². The summed E-state index contributed by atoms with van der Waals surface area (Å²) in [5, 5.41) is 0. The van der Waals surface area contributed by atoms with E-state index in [2.05, 4.69) is 25.1 Å². The molecule has 0 bridgehead atoms. The van der Waals surface area contributed by atoms with Crippen LogP contribution in [0.2, 0.25) is 0 Å². The SMILES string of the molecule is COC(=O)C1C=CC(OC)=C[CH+]1.F[B-](F)(F)F.F[B-](F)(F)F.F[B-](F)(F)F.F[B-](F)(F)F.[C]=O.[C]=O.[C]=O.[Fe+3]. The number of hydrogen-bond donors (Lipinski definition) is 0. The van der Waals surface area contributed by atoms with Crippen LogP contribution >= 0.6 is 0 Å². The van der Waals surface area contributed by atoms with Gasteiger partial charge in [-0.2, -0.15) is 0 Å². The molecular weight excluding hydrogens is 643 g/mol. The minimum Gasteiger partial charge on any atom is -0.467 e. The molecule has 0 aromatic heterocycles. The number of allylic oxidation sites excluding steroid dienone is 2. The van der Waals surface area contributed by atoms with Crippen LogP contribution in [0.15, 0.2) is 24.0 Å². The van der Waals surface area contributed by atoms with E-state index in [0.29, 0.717) is 0 Å². The fourth-order valence-electron chi connectivity index (χ4n) is 0.946. The van der Waals surface area contributed by atoms with Crippen molar-refractivity contribution < 1.29 is 115 Å². The van der Waals surface area contributed by atoms with Crippen molar-refractivity contribution >= 4 is 55.4 Å². The summed E-state index contributed by atoms with van der Waals surface area (Å²) in [6.07, 6.45) is 6.98. The van der Waals surface area contributed by atoms with Gasteiger partial charge >= 0.3 is 52.1 Å². The third-order valence-corrected chi connectivity index (χ3v) is 1.64. The van der Waals surface area contributed by atoms with Gasteiger partial charge in [0.1, 0.15) is 13.2 Å². The first-order chi connectivity index (χ1) is 16.8. The van der Waals surface area contributed by atoms with Gasteiger partial charge in [0.2, 0.25) is 0 Å². The van der Waals surface area contributed by atoms with Crippen molar-refractivity contribution in [1.82, 2.24) is 0 Å². The summed E-state index contributed by atoms with van der Waals surface area (Å²) in [6.45, 7) is 13.5. The van der Waals surface area contributed by atoms with Crippen LogP contribution < -0.4 is 0 Å². The van der Waals surface area contributed by atoms with Crippen molar-refractivity contribution in [1.29, 1.82) is 0 Å². The summed E-state index contributed by atoms with van der Waals surface area (Å²) >= 11 is 0. The van der Waals surface area contributed by atoms with Gasteiger partial charge in [0.15, 0.2) is 5.92 Å².